The van der Waals surface area contributed by atoms with E-state index >= 15 is 0 Å². The minimum atomic E-state index is -0.532. The minimum Gasteiger partial charge on any atom is -0.258 e. The largest absolute Gasteiger partial charge is 0.270 e. The molecule has 3 rings (SSSR count). The van der Waals surface area contributed by atoms with E-state index in [2.05, 4.69) is 15.2 Å². The first-order chi connectivity index (χ1) is 11.2. The minimum absolute atomic E-state index is 0.120. The number of non-ortho nitro benzene ring substituents is 1. The van der Waals surface area contributed by atoms with Crippen molar-refractivity contribution in [1.29, 1.82) is 5.26 Å². The van der Waals surface area contributed by atoms with E-state index in [4.69, 9.17) is 5.26 Å². The number of nitro benzene ring substituents is 1. The third-order valence-electron chi connectivity index (χ3n) is 3.01. The molecule has 1 heterocycles. The predicted octanol–water partition coefficient (Wildman–Crippen LogP) is 3.40. The smallest absolute Gasteiger partial charge is 0.258 e. The number of nitriles is 1. The Morgan fingerprint density at radius 3 is 2.70 bits per heavy atom. The van der Waals surface area contributed by atoms with Crippen LogP contribution in [0, 0.1) is 21.4 Å². The maximum absolute atomic E-state index is 10.8. The van der Waals surface area contributed by atoms with Gasteiger partial charge in [-0.25, -0.2) is 4.98 Å². The Balaban J connectivity index is 1.87. The molecule has 23 heavy (non-hydrogen) atoms. The Hall–Kier alpha value is -3.18. The fourth-order valence-corrected chi connectivity index (χ4v) is 2.70. The van der Waals surface area contributed by atoms with Crippen LogP contribution < -0.4 is 0 Å². The van der Waals surface area contributed by atoms with E-state index in [1.54, 1.807) is 0 Å². The van der Waals surface area contributed by atoms with Crippen LogP contribution in [0.1, 0.15) is 5.56 Å². The van der Waals surface area contributed by atoms with Crippen LogP contribution in [0.4, 0.5) is 5.69 Å². The molecular weight excluding hydrogens is 314 g/mol. The Kier molecular flexibility index (Phi) is 4.03. The van der Waals surface area contributed by atoms with Crippen molar-refractivity contribution in [1.82, 2.24) is 15.2 Å². The molecule has 0 aliphatic rings. The molecule has 8 heteroatoms. The number of benzene rings is 2. The summed E-state index contributed by atoms with van der Waals surface area (Å²) in [5.74, 6) is 0.619. The lowest BCUT2D eigenvalue weighted by Gasteiger charge is -2.00. The SMILES string of the molecule is N#Cc1cc([N+](=O)[O-])ccc1Sc1n[nH]c(-c2ccccc2)n1. The van der Waals surface area contributed by atoms with Gasteiger partial charge in [0.25, 0.3) is 5.69 Å². The average Bonchev–Trinajstić information content (AvgIpc) is 3.04. The van der Waals surface area contributed by atoms with Crippen molar-refractivity contribution in [3.05, 3.63) is 64.2 Å². The van der Waals surface area contributed by atoms with Crippen LogP contribution in [-0.4, -0.2) is 20.1 Å². The van der Waals surface area contributed by atoms with E-state index < -0.39 is 4.92 Å². The van der Waals surface area contributed by atoms with E-state index in [9.17, 15) is 10.1 Å². The van der Waals surface area contributed by atoms with E-state index in [1.807, 2.05) is 36.4 Å². The highest BCUT2D eigenvalue weighted by Gasteiger charge is 2.14. The van der Waals surface area contributed by atoms with Crippen LogP contribution in [-0.2, 0) is 0 Å². The Labute approximate surface area is 135 Å². The summed E-state index contributed by atoms with van der Waals surface area (Å²) in [5, 5.41) is 27.3. The van der Waals surface area contributed by atoms with Crippen LogP contribution >= 0.6 is 11.8 Å². The van der Waals surface area contributed by atoms with Crippen LogP contribution in [0.25, 0.3) is 11.4 Å². The summed E-state index contributed by atoms with van der Waals surface area (Å²) in [4.78, 5) is 15.2. The predicted molar refractivity (Wildman–Crippen MR) is 83.8 cm³/mol. The lowest BCUT2D eigenvalue weighted by Crippen LogP contribution is -1.90. The highest BCUT2D eigenvalue weighted by atomic mass is 32.2. The molecule has 0 bridgehead atoms. The maximum atomic E-state index is 10.8. The van der Waals surface area contributed by atoms with Crippen LogP contribution in [0.5, 0.6) is 0 Å². The first-order valence-electron chi connectivity index (χ1n) is 6.51. The molecule has 0 aliphatic heterocycles. The van der Waals surface area contributed by atoms with Gasteiger partial charge in [-0.15, -0.1) is 5.10 Å². The molecular formula is C15H9N5O2S. The number of aromatic nitrogens is 3. The van der Waals surface area contributed by atoms with Gasteiger partial charge < -0.3 is 0 Å². The van der Waals surface area contributed by atoms with Gasteiger partial charge in [0.2, 0.25) is 5.16 Å². The van der Waals surface area contributed by atoms with E-state index in [0.717, 1.165) is 5.56 Å². The summed E-state index contributed by atoms with van der Waals surface area (Å²) in [5.41, 5.74) is 0.997. The standard InChI is InChI=1S/C15H9N5O2S/c16-9-11-8-12(20(21)22)6-7-13(11)23-15-17-14(18-19-15)10-4-2-1-3-5-10/h1-8H,(H,17,18,19). The normalized spacial score (nSPS) is 10.2. The van der Waals surface area contributed by atoms with Crippen molar-refractivity contribution in [2.24, 2.45) is 0 Å². The lowest BCUT2D eigenvalue weighted by molar-refractivity contribution is -0.384. The monoisotopic (exact) mass is 323 g/mol. The molecule has 0 spiro atoms. The molecule has 0 aliphatic carbocycles. The number of nitro groups is 1. The molecule has 0 radical (unpaired) electrons. The second-order valence-electron chi connectivity index (χ2n) is 4.48. The highest BCUT2D eigenvalue weighted by Crippen LogP contribution is 2.31. The van der Waals surface area contributed by atoms with Crippen molar-refractivity contribution in [2.75, 3.05) is 0 Å². The summed E-state index contributed by atoms with van der Waals surface area (Å²) in [6, 6.07) is 15.6. The van der Waals surface area contributed by atoms with Crippen molar-refractivity contribution >= 4 is 17.4 Å². The Morgan fingerprint density at radius 1 is 1.22 bits per heavy atom. The molecule has 3 aromatic rings. The Bertz CT molecular complexity index is 902. The lowest BCUT2D eigenvalue weighted by atomic mass is 10.2. The van der Waals surface area contributed by atoms with Gasteiger partial charge in [-0.2, -0.15) is 5.26 Å². The number of H-pyrrole nitrogens is 1. The van der Waals surface area contributed by atoms with Crippen molar-refractivity contribution < 1.29 is 4.92 Å². The molecule has 7 nitrogen and oxygen atoms in total. The van der Waals surface area contributed by atoms with Crippen LogP contribution in [0.3, 0.4) is 0 Å². The molecule has 0 unspecified atom stereocenters. The van der Waals surface area contributed by atoms with Gasteiger partial charge in [-0.05, 0) is 17.8 Å². The van der Waals surface area contributed by atoms with Crippen molar-refractivity contribution in [3.8, 4) is 17.5 Å². The Morgan fingerprint density at radius 2 is 2.00 bits per heavy atom. The van der Waals surface area contributed by atoms with Crippen molar-refractivity contribution in [2.45, 2.75) is 10.1 Å². The number of nitrogens with one attached hydrogen (secondary N) is 1. The van der Waals surface area contributed by atoms with Gasteiger partial charge >= 0.3 is 0 Å². The third kappa shape index (κ3) is 3.20. The summed E-state index contributed by atoms with van der Waals surface area (Å²) in [7, 11) is 0. The average molecular weight is 323 g/mol. The van der Waals surface area contributed by atoms with Crippen LogP contribution in [0.2, 0.25) is 0 Å². The summed E-state index contributed by atoms with van der Waals surface area (Å²) >= 11 is 1.18. The van der Waals surface area contributed by atoms with Gasteiger partial charge in [-0.1, -0.05) is 30.3 Å². The number of hydrogen-bond acceptors (Lipinski definition) is 6. The summed E-state index contributed by atoms with van der Waals surface area (Å²) in [6.45, 7) is 0. The molecule has 112 valence electrons. The van der Waals surface area contributed by atoms with Gasteiger partial charge in [0, 0.05) is 22.6 Å². The van der Waals surface area contributed by atoms with Crippen LogP contribution in [0.15, 0.2) is 58.6 Å². The number of aromatic amines is 1. The number of hydrogen-bond donors (Lipinski definition) is 1. The van der Waals surface area contributed by atoms with Gasteiger partial charge in [-0.3, -0.25) is 15.2 Å². The zero-order chi connectivity index (χ0) is 16.2. The molecule has 0 saturated carbocycles. The molecule has 1 aromatic heterocycles. The zero-order valence-corrected chi connectivity index (χ0v) is 12.4. The molecule has 0 atom stereocenters. The molecule has 0 fully saturated rings. The number of rotatable bonds is 4. The van der Waals surface area contributed by atoms with Gasteiger partial charge in [0.15, 0.2) is 5.82 Å². The third-order valence-corrected chi connectivity index (χ3v) is 3.95. The van der Waals surface area contributed by atoms with Gasteiger partial charge in [0.1, 0.15) is 6.07 Å². The first kappa shape index (κ1) is 14.7. The fraction of sp³-hybridized carbons (Fsp3) is 0. The fourth-order valence-electron chi connectivity index (χ4n) is 1.92. The molecule has 1 N–H and O–H groups in total. The molecule has 0 saturated heterocycles. The molecule has 0 amide bonds. The van der Waals surface area contributed by atoms with E-state index in [1.165, 1.54) is 30.0 Å². The quantitative estimate of drug-likeness (QED) is 0.582. The second kappa shape index (κ2) is 6.29. The summed E-state index contributed by atoms with van der Waals surface area (Å²) < 4.78 is 0. The summed E-state index contributed by atoms with van der Waals surface area (Å²) in [6.07, 6.45) is 0. The van der Waals surface area contributed by atoms with E-state index in [0.29, 0.717) is 15.9 Å². The van der Waals surface area contributed by atoms with Gasteiger partial charge in [0.05, 0.1) is 10.5 Å². The second-order valence-corrected chi connectivity index (χ2v) is 5.49. The van der Waals surface area contributed by atoms with Crippen molar-refractivity contribution in [3.63, 3.8) is 0 Å². The zero-order valence-electron chi connectivity index (χ0n) is 11.6. The number of nitrogens with zero attached hydrogens (tertiary/aromatic N) is 4. The molecule has 2 aromatic carbocycles. The topological polar surface area (TPSA) is 108 Å². The van der Waals surface area contributed by atoms with E-state index in [-0.39, 0.29) is 11.3 Å². The first-order valence-corrected chi connectivity index (χ1v) is 7.33. The maximum Gasteiger partial charge on any atom is 0.270 e. The highest BCUT2D eigenvalue weighted by molar-refractivity contribution is 7.99.